The summed E-state index contributed by atoms with van der Waals surface area (Å²) < 4.78 is 37.5. The van der Waals surface area contributed by atoms with Crippen LogP contribution in [0.15, 0.2) is 30.3 Å². The number of ether oxygens (including phenoxy) is 1. The van der Waals surface area contributed by atoms with Gasteiger partial charge in [-0.05, 0) is 12.0 Å². The van der Waals surface area contributed by atoms with Gasteiger partial charge in [0.15, 0.2) is 0 Å². The number of hydrogen-bond acceptors (Lipinski definition) is 7. The molecule has 0 aromatic heterocycles. The van der Waals surface area contributed by atoms with Gasteiger partial charge in [-0.25, -0.2) is 4.79 Å². The van der Waals surface area contributed by atoms with Crippen molar-refractivity contribution in [2.45, 2.75) is 24.5 Å². The van der Waals surface area contributed by atoms with Crippen molar-refractivity contribution >= 4 is 21.3 Å². The zero-order valence-corrected chi connectivity index (χ0v) is 16.2. The highest BCUT2D eigenvalue weighted by Gasteiger charge is 2.60. The Morgan fingerprint density at radius 2 is 1.65 bits per heavy atom. The van der Waals surface area contributed by atoms with E-state index in [1.807, 2.05) is 6.07 Å². The zero-order valence-electron chi connectivity index (χ0n) is 14.4. The third kappa shape index (κ3) is 5.62. The topological polar surface area (TPSA) is 152 Å². The first-order valence-electron chi connectivity index (χ1n) is 7.54. The highest BCUT2D eigenvalue weighted by molar-refractivity contribution is 7.72. The van der Waals surface area contributed by atoms with Crippen LogP contribution in [0.2, 0.25) is 0 Å². The van der Waals surface area contributed by atoms with Crippen molar-refractivity contribution in [2.75, 3.05) is 20.8 Å². The van der Waals surface area contributed by atoms with Crippen LogP contribution in [0.1, 0.15) is 18.4 Å². The van der Waals surface area contributed by atoms with Crippen LogP contribution in [0.25, 0.3) is 0 Å². The van der Waals surface area contributed by atoms with Gasteiger partial charge in [-0.1, -0.05) is 30.3 Å². The summed E-state index contributed by atoms with van der Waals surface area (Å²) in [6, 6.07) is 8.97. The molecule has 4 N–H and O–H groups in total. The molecule has 148 valence electrons. The zero-order chi connectivity index (χ0) is 19.8. The highest BCUT2D eigenvalue weighted by Crippen LogP contribution is 2.73. The van der Waals surface area contributed by atoms with E-state index in [-0.39, 0.29) is 19.6 Å². The molecule has 10 nitrogen and oxygen atoms in total. The van der Waals surface area contributed by atoms with E-state index in [0.717, 1.165) is 19.8 Å². The maximum Gasteiger partial charge on any atom is 0.407 e. The van der Waals surface area contributed by atoms with Gasteiger partial charge in [0, 0.05) is 27.2 Å². The molecular formula is C14H23NO9P2. The normalized spacial score (nSPS) is 18.2. The lowest BCUT2D eigenvalue weighted by Crippen LogP contribution is -2.32. The van der Waals surface area contributed by atoms with Crippen molar-refractivity contribution in [2.24, 2.45) is 0 Å². The maximum atomic E-state index is 12.0. The molecule has 0 aliphatic rings. The standard InChI is InChI=1S/C14H23NO9P2/c1-22-25(18,19)14(17,26(20,21)23-2)9-6-10-15-13(16)24-11-12-7-4-3-5-8-12/h3-5,7-8,17H,6,9-11H2,1-2H3,(H,15,16)(H,18,19)(H,20,21). The Morgan fingerprint density at radius 1 is 1.12 bits per heavy atom. The Hall–Kier alpha value is -1.25. The molecule has 0 saturated heterocycles. The molecular weight excluding hydrogens is 388 g/mol. The first kappa shape index (κ1) is 22.8. The van der Waals surface area contributed by atoms with E-state index >= 15 is 0 Å². The van der Waals surface area contributed by atoms with Crippen LogP contribution in [-0.2, 0) is 29.5 Å². The van der Waals surface area contributed by atoms with E-state index in [1.54, 1.807) is 24.3 Å². The summed E-state index contributed by atoms with van der Waals surface area (Å²) in [5.74, 6) is 0. The van der Waals surface area contributed by atoms with Gasteiger partial charge in [-0.15, -0.1) is 0 Å². The number of alkyl carbamates (subject to hydrolysis) is 1. The molecule has 0 saturated carbocycles. The number of rotatable bonds is 10. The molecule has 2 unspecified atom stereocenters. The molecule has 1 aromatic carbocycles. The van der Waals surface area contributed by atoms with Gasteiger partial charge in [0.2, 0.25) is 0 Å². The lowest BCUT2D eigenvalue weighted by atomic mass is 10.2. The first-order valence-corrected chi connectivity index (χ1v) is 10.7. The average Bonchev–Trinajstić information content (AvgIpc) is 2.63. The van der Waals surface area contributed by atoms with E-state index in [4.69, 9.17) is 4.74 Å². The Bertz CT molecular complexity index is 658. The summed E-state index contributed by atoms with van der Waals surface area (Å²) in [5.41, 5.74) is 0.791. The Kier molecular flexibility index (Phi) is 8.43. The molecule has 12 heteroatoms. The van der Waals surface area contributed by atoms with Crippen LogP contribution in [0.5, 0.6) is 0 Å². The largest absolute Gasteiger partial charge is 0.445 e. The molecule has 1 amide bonds. The quantitative estimate of drug-likeness (QED) is 0.335. The third-order valence-corrected chi connectivity index (χ3v) is 8.33. The minimum Gasteiger partial charge on any atom is -0.445 e. The minimum absolute atomic E-state index is 0.0572. The van der Waals surface area contributed by atoms with Crippen LogP contribution < -0.4 is 5.32 Å². The fraction of sp³-hybridized carbons (Fsp3) is 0.500. The van der Waals surface area contributed by atoms with Gasteiger partial charge >= 0.3 is 21.3 Å². The summed E-state index contributed by atoms with van der Waals surface area (Å²) in [5, 5.41) is 9.62. The lowest BCUT2D eigenvalue weighted by Gasteiger charge is -2.32. The van der Waals surface area contributed by atoms with Crippen molar-refractivity contribution in [1.82, 2.24) is 5.32 Å². The number of benzene rings is 1. The highest BCUT2D eigenvalue weighted by atomic mass is 31.2. The van der Waals surface area contributed by atoms with Crippen molar-refractivity contribution < 1.29 is 42.6 Å². The SMILES string of the molecule is COP(=O)(O)C(O)(CCCNC(=O)OCc1ccccc1)P(=O)(O)OC. The predicted molar refractivity (Wildman–Crippen MR) is 92.5 cm³/mol. The van der Waals surface area contributed by atoms with Crippen molar-refractivity contribution in [3.8, 4) is 0 Å². The van der Waals surface area contributed by atoms with Gasteiger partial charge in [-0.3, -0.25) is 9.13 Å². The number of aliphatic hydroxyl groups is 1. The molecule has 1 aromatic rings. The Labute approximate surface area is 151 Å². The van der Waals surface area contributed by atoms with E-state index in [0.29, 0.717) is 0 Å². The monoisotopic (exact) mass is 411 g/mol. The van der Waals surface area contributed by atoms with Crippen LogP contribution in [0.4, 0.5) is 4.79 Å². The van der Waals surface area contributed by atoms with E-state index in [1.165, 1.54) is 0 Å². The van der Waals surface area contributed by atoms with E-state index in [2.05, 4.69) is 14.4 Å². The molecule has 0 bridgehead atoms. The number of carbonyl (C=O) groups excluding carboxylic acids is 1. The fourth-order valence-electron chi connectivity index (χ4n) is 2.02. The minimum atomic E-state index is -4.88. The maximum absolute atomic E-state index is 12.0. The molecule has 1 rings (SSSR count). The Morgan fingerprint density at radius 3 is 2.15 bits per heavy atom. The summed E-state index contributed by atoms with van der Waals surface area (Å²) in [7, 11) is -8.11. The van der Waals surface area contributed by atoms with Crippen LogP contribution in [0.3, 0.4) is 0 Å². The smallest absolute Gasteiger partial charge is 0.407 e. The van der Waals surface area contributed by atoms with Crippen LogP contribution in [0, 0.1) is 0 Å². The second-order valence-electron chi connectivity index (χ2n) is 5.27. The second-order valence-corrected chi connectivity index (χ2v) is 9.92. The molecule has 0 fully saturated rings. The number of hydrogen-bond donors (Lipinski definition) is 4. The summed E-state index contributed by atoms with van der Waals surface area (Å²) in [6.07, 6.45) is -1.48. The first-order chi connectivity index (χ1) is 12.1. The van der Waals surface area contributed by atoms with Gasteiger partial charge in [0.25, 0.3) is 5.08 Å². The second kappa shape index (κ2) is 9.62. The van der Waals surface area contributed by atoms with Gasteiger partial charge in [0.05, 0.1) is 0 Å². The van der Waals surface area contributed by atoms with E-state index in [9.17, 15) is 28.8 Å². The fourth-order valence-corrected chi connectivity index (χ4v) is 5.26. The van der Waals surface area contributed by atoms with Gasteiger partial charge < -0.3 is 34.0 Å². The molecule has 0 heterocycles. The van der Waals surface area contributed by atoms with Crippen molar-refractivity contribution in [3.05, 3.63) is 35.9 Å². The predicted octanol–water partition coefficient (Wildman–Crippen LogP) is 2.00. The van der Waals surface area contributed by atoms with Gasteiger partial charge in [0.1, 0.15) is 6.61 Å². The lowest BCUT2D eigenvalue weighted by molar-refractivity contribution is 0.107. The van der Waals surface area contributed by atoms with E-state index < -0.39 is 32.8 Å². The molecule has 2 atom stereocenters. The molecule has 26 heavy (non-hydrogen) atoms. The third-order valence-electron chi connectivity index (χ3n) is 3.57. The number of carbonyl (C=O) groups is 1. The molecule has 0 spiro atoms. The summed E-state index contributed by atoms with van der Waals surface area (Å²) in [6.45, 7) is -0.0228. The molecule has 0 radical (unpaired) electrons. The van der Waals surface area contributed by atoms with Crippen LogP contribution >= 0.6 is 15.2 Å². The van der Waals surface area contributed by atoms with Crippen molar-refractivity contribution in [1.29, 1.82) is 0 Å². The number of amides is 1. The average molecular weight is 411 g/mol. The van der Waals surface area contributed by atoms with Gasteiger partial charge in [-0.2, -0.15) is 0 Å². The Balaban J connectivity index is 2.54. The molecule has 0 aliphatic heterocycles. The van der Waals surface area contributed by atoms with Crippen molar-refractivity contribution in [3.63, 3.8) is 0 Å². The van der Waals surface area contributed by atoms with Crippen LogP contribution in [-0.4, -0.2) is 46.8 Å². The molecule has 0 aliphatic carbocycles. The number of nitrogens with one attached hydrogen (secondary N) is 1. The summed E-state index contributed by atoms with van der Waals surface area (Å²) >= 11 is 0. The summed E-state index contributed by atoms with van der Waals surface area (Å²) in [4.78, 5) is 31.0.